The zero-order valence-corrected chi connectivity index (χ0v) is 8.63. The zero-order valence-electron chi connectivity index (χ0n) is 7.74. The third-order valence-corrected chi connectivity index (χ3v) is 2.14. The minimum absolute atomic E-state index is 0.958. The highest BCUT2D eigenvalue weighted by Crippen LogP contribution is 1.95. The highest BCUT2D eigenvalue weighted by molar-refractivity contribution is 7.80. The number of nitrogens with one attached hydrogen (secondary N) is 1. The lowest BCUT2D eigenvalue weighted by Gasteiger charge is -2.02. The maximum absolute atomic E-state index is 4.14. The first-order valence-electron chi connectivity index (χ1n) is 4.64. The van der Waals surface area contributed by atoms with Crippen LogP contribution in [-0.2, 0) is 6.42 Å². The van der Waals surface area contributed by atoms with Crippen LogP contribution in [0.2, 0.25) is 0 Å². The number of nitrogens with zero attached hydrogens (tertiary/aromatic N) is 1. The number of rotatable bonds is 6. The Labute approximate surface area is 85.2 Å². The van der Waals surface area contributed by atoms with Gasteiger partial charge in [-0.1, -0.05) is 6.07 Å². The SMILES string of the molecule is SCCCNCCc1cccnc1. The van der Waals surface area contributed by atoms with Gasteiger partial charge in [0.15, 0.2) is 0 Å². The van der Waals surface area contributed by atoms with Gasteiger partial charge >= 0.3 is 0 Å². The zero-order chi connectivity index (χ0) is 9.36. The van der Waals surface area contributed by atoms with Gasteiger partial charge < -0.3 is 5.32 Å². The smallest absolute Gasteiger partial charge is 0.0300 e. The standard InChI is InChI=1S/C10H16N2S/c13-8-2-6-11-7-4-10-3-1-5-12-9-10/h1,3,5,9,11,13H,2,4,6-8H2. The van der Waals surface area contributed by atoms with Crippen molar-refractivity contribution in [2.45, 2.75) is 12.8 Å². The summed E-state index contributed by atoms with van der Waals surface area (Å²) in [6, 6.07) is 4.08. The molecule has 0 aliphatic rings. The molecule has 0 radical (unpaired) electrons. The molecule has 0 saturated heterocycles. The molecule has 0 bridgehead atoms. The van der Waals surface area contributed by atoms with Crippen LogP contribution in [0.4, 0.5) is 0 Å². The first kappa shape index (κ1) is 10.5. The second-order valence-corrected chi connectivity index (χ2v) is 3.39. The van der Waals surface area contributed by atoms with Gasteiger partial charge in [0, 0.05) is 12.4 Å². The Morgan fingerprint density at radius 2 is 2.31 bits per heavy atom. The summed E-state index contributed by atoms with van der Waals surface area (Å²) >= 11 is 4.14. The predicted octanol–water partition coefficient (Wildman–Crippen LogP) is 1.53. The van der Waals surface area contributed by atoms with E-state index in [1.54, 1.807) is 6.20 Å². The van der Waals surface area contributed by atoms with Crippen molar-refractivity contribution in [3.05, 3.63) is 30.1 Å². The van der Waals surface area contributed by atoms with E-state index >= 15 is 0 Å². The normalized spacial score (nSPS) is 10.2. The first-order valence-corrected chi connectivity index (χ1v) is 5.27. The van der Waals surface area contributed by atoms with Gasteiger partial charge in [-0.05, 0) is 43.3 Å². The molecular weight excluding hydrogens is 180 g/mol. The summed E-state index contributed by atoms with van der Waals surface area (Å²) in [5.41, 5.74) is 1.29. The van der Waals surface area contributed by atoms with Crippen LogP contribution in [0.15, 0.2) is 24.5 Å². The summed E-state index contributed by atoms with van der Waals surface area (Å²) in [6.45, 7) is 2.09. The van der Waals surface area contributed by atoms with E-state index in [9.17, 15) is 0 Å². The third kappa shape index (κ3) is 4.90. The van der Waals surface area contributed by atoms with Gasteiger partial charge in [-0.15, -0.1) is 0 Å². The number of thiol groups is 1. The van der Waals surface area contributed by atoms with Crippen LogP contribution < -0.4 is 5.32 Å². The van der Waals surface area contributed by atoms with Crippen molar-refractivity contribution in [3.63, 3.8) is 0 Å². The van der Waals surface area contributed by atoms with E-state index in [0.717, 1.165) is 31.7 Å². The molecule has 13 heavy (non-hydrogen) atoms. The van der Waals surface area contributed by atoms with Gasteiger partial charge in [0.25, 0.3) is 0 Å². The Morgan fingerprint density at radius 3 is 3.00 bits per heavy atom. The Balaban J connectivity index is 2.07. The van der Waals surface area contributed by atoms with Crippen molar-refractivity contribution in [2.75, 3.05) is 18.8 Å². The number of pyridine rings is 1. The largest absolute Gasteiger partial charge is 0.316 e. The molecular formula is C10H16N2S. The lowest BCUT2D eigenvalue weighted by molar-refractivity contribution is 0.674. The molecule has 2 nitrogen and oxygen atoms in total. The lowest BCUT2D eigenvalue weighted by Crippen LogP contribution is -2.18. The molecule has 1 N–H and O–H groups in total. The van der Waals surface area contributed by atoms with Gasteiger partial charge in [0.2, 0.25) is 0 Å². The quantitative estimate of drug-likeness (QED) is 0.533. The van der Waals surface area contributed by atoms with E-state index in [0.29, 0.717) is 0 Å². The fraction of sp³-hybridized carbons (Fsp3) is 0.500. The van der Waals surface area contributed by atoms with Gasteiger partial charge in [0.1, 0.15) is 0 Å². The summed E-state index contributed by atoms with van der Waals surface area (Å²) in [5.74, 6) is 0.958. The highest BCUT2D eigenvalue weighted by atomic mass is 32.1. The minimum atomic E-state index is 0.958. The van der Waals surface area contributed by atoms with E-state index in [4.69, 9.17) is 0 Å². The van der Waals surface area contributed by atoms with Crippen molar-refractivity contribution >= 4 is 12.6 Å². The Bertz CT molecular complexity index is 213. The summed E-state index contributed by atoms with van der Waals surface area (Å²) in [5, 5.41) is 3.36. The van der Waals surface area contributed by atoms with Gasteiger partial charge in [-0.25, -0.2) is 0 Å². The highest BCUT2D eigenvalue weighted by Gasteiger charge is 1.90. The van der Waals surface area contributed by atoms with Crippen molar-refractivity contribution in [1.29, 1.82) is 0 Å². The lowest BCUT2D eigenvalue weighted by atomic mass is 10.2. The molecule has 1 aromatic rings. The fourth-order valence-corrected chi connectivity index (χ4v) is 1.27. The van der Waals surface area contributed by atoms with Crippen molar-refractivity contribution in [3.8, 4) is 0 Å². The minimum Gasteiger partial charge on any atom is -0.316 e. The maximum atomic E-state index is 4.14. The van der Waals surface area contributed by atoms with Crippen LogP contribution in [0.1, 0.15) is 12.0 Å². The summed E-state index contributed by atoms with van der Waals surface area (Å²) < 4.78 is 0. The van der Waals surface area contributed by atoms with Crippen LogP contribution >= 0.6 is 12.6 Å². The maximum Gasteiger partial charge on any atom is 0.0300 e. The summed E-state index contributed by atoms with van der Waals surface area (Å²) in [6.07, 6.45) is 5.91. The molecule has 0 spiro atoms. The van der Waals surface area contributed by atoms with Crippen LogP contribution in [0.3, 0.4) is 0 Å². The number of aromatic nitrogens is 1. The number of hydrogen-bond acceptors (Lipinski definition) is 3. The van der Waals surface area contributed by atoms with Crippen molar-refractivity contribution in [1.82, 2.24) is 10.3 Å². The Hall–Kier alpha value is -0.540. The molecule has 0 aliphatic carbocycles. The predicted molar refractivity (Wildman–Crippen MR) is 59.3 cm³/mol. The first-order chi connectivity index (χ1) is 6.43. The molecule has 1 heterocycles. The van der Waals surface area contributed by atoms with E-state index in [1.165, 1.54) is 5.56 Å². The van der Waals surface area contributed by atoms with E-state index in [-0.39, 0.29) is 0 Å². The Kier molecular flexibility index (Phi) is 5.61. The molecule has 0 saturated carbocycles. The van der Waals surface area contributed by atoms with E-state index < -0.39 is 0 Å². The monoisotopic (exact) mass is 196 g/mol. The van der Waals surface area contributed by atoms with Crippen LogP contribution in [0.25, 0.3) is 0 Å². The molecule has 0 aromatic carbocycles. The molecule has 0 amide bonds. The summed E-state index contributed by atoms with van der Waals surface area (Å²) in [4.78, 5) is 4.06. The van der Waals surface area contributed by atoms with Gasteiger partial charge in [0.05, 0.1) is 0 Å². The van der Waals surface area contributed by atoms with Crippen LogP contribution in [0, 0.1) is 0 Å². The number of hydrogen-bond donors (Lipinski definition) is 2. The fourth-order valence-electron chi connectivity index (χ4n) is 1.11. The second kappa shape index (κ2) is 6.92. The average molecular weight is 196 g/mol. The van der Waals surface area contributed by atoms with Crippen molar-refractivity contribution in [2.24, 2.45) is 0 Å². The van der Waals surface area contributed by atoms with Crippen LogP contribution in [0.5, 0.6) is 0 Å². The molecule has 0 unspecified atom stereocenters. The van der Waals surface area contributed by atoms with Gasteiger partial charge in [-0.3, -0.25) is 4.98 Å². The van der Waals surface area contributed by atoms with E-state index in [1.807, 2.05) is 12.3 Å². The summed E-state index contributed by atoms with van der Waals surface area (Å²) in [7, 11) is 0. The molecule has 1 rings (SSSR count). The molecule has 3 heteroatoms. The average Bonchev–Trinajstić information content (AvgIpc) is 2.19. The van der Waals surface area contributed by atoms with Crippen molar-refractivity contribution < 1.29 is 0 Å². The molecule has 0 fully saturated rings. The van der Waals surface area contributed by atoms with E-state index in [2.05, 4.69) is 29.0 Å². The third-order valence-electron chi connectivity index (χ3n) is 1.82. The molecule has 1 aromatic heterocycles. The Morgan fingerprint density at radius 1 is 1.38 bits per heavy atom. The van der Waals surface area contributed by atoms with Crippen LogP contribution in [-0.4, -0.2) is 23.8 Å². The molecule has 0 aliphatic heterocycles. The molecule has 72 valence electrons. The van der Waals surface area contributed by atoms with Gasteiger partial charge in [-0.2, -0.15) is 12.6 Å². The second-order valence-electron chi connectivity index (χ2n) is 2.94. The topological polar surface area (TPSA) is 24.9 Å². The molecule has 0 atom stereocenters.